The molecule has 5 rings (SSSR count). The molecule has 37 heavy (non-hydrogen) atoms. The lowest BCUT2D eigenvalue weighted by molar-refractivity contribution is -0.137. The van der Waals surface area contributed by atoms with Crippen LogP contribution in [0.2, 0.25) is 0 Å². The van der Waals surface area contributed by atoms with Crippen LogP contribution in [0.5, 0.6) is 5.75 Å². The van der Waals surface area contributed by atoms with E-state index in [1.54, 1.807) is 18.7 Å². The molecule has 0 aliphatic carbocycles. The molecule has 7 nitrogen and oxygen atoms in total. The van der Waals surface area contributed by atoms with E-state index in [1.165, 1.54) is 6.07 Å². The Morgan fingerprint density at radius 2 is 1.97 bits per heavy atom. The number of nitrogens with one attached hydrogen (secondary N) is 1. The summed E-state index contributed by atoms with van der Waals surface area (Å²) < 4.78 is 61.0. The van der Waals surface area contributed by atoms with Crippen molar-refractivity contribution in [3.8, 4) is 17.1 Å². The molecule has 192 valence electrons. The van der Waals surface area contributed by atoms with Gasteiger partial charge in [-0.1, -0.05) is 23.4 Å². The van der Waals surface area contributed by atoms with Gasteiger partial charge in [0, 0.05) is 18.1 Å². The highest BCUT2D eigenvalue weighted by molar-refractivity contribution is 5.57. The average Bonchev–Trinajstić information content (AvgIpc) is 3.29. The molecule has 1 unspecified atom stereocenters. The highest BCUT2D eigenvalue weighted by atomic mass is 19.4. The smallest absolute Gasteiger partial charge is 0.416 e. The Morgan fingerprint density at radius 3 is 2.70 bits per heavy atom. The van der Waals surface area contributed by atoms with Crippen molar-refractivity contribution >= 4 is 0 Å². The van der Waals surface area contributed by atoms with E-state index in [-0.39, 0.29) is 11.1 Å². The van der Waals surface area contributed by atoms with Gasteiger partial charge in [0.05, 0.1) is 23.9 Å². The predicted octanol–water partition coefficient (Wildman–Crippen LogP) is 4.89. The summed E-state index contributed by atoms with van der Waals surface area (Å²) in [6.07, 6.45) is -2.68. The number of alkyl halides is 3. The minimum absolute atomic E-state index is 0.0930. The van der Waals surface area contributed by atoms with E-state index in [2.05, 4.69) is 20.3 Å². The number of ether oxygens (including phenoxy) is 1. The number of halogens is 4. The predicted molar refractivity (Wildman–Crippen MR) is 127 cm³/mol. The number of hydrogen-bond acceptors (Lipinski definition) is 5. The fourth-order valence-corrected chi connectivity index (χ4v) is 4.89. The third kappa shape index (κ3) is 4.61. The molecule has 0 bridgehead atoms. The summed E-state index contributed by atoms with van der Waals surface area (Å²) in [5, 5.41) is 8.52. The molecule has 0 saturated carbocycles. The van der Waals surface area contributed by atoms with E-state index in [0.29, 0.717) is 60.4 Å². The molecular weight excluding hydrogens is 490 g/mol. The van der Waals surface area contributed by atoms with Crippen LogP contribution in [0.4, 0.5) is 17.6 Å². The minimum atomic E-state index is -4.65. The van der Waals surface area contributed by atoms with Gasteiger partial charge in [-0.15, -0.1) is 5.10 Å². The van der Waals surface area contributed by atoms with Crippen LogP contribution in [0.1, 0.15) is 48.0 Å². The van der Waals surface area contributed by atoms with Crippen LogP contribution < -0.4 is 10.3 Å². The molecule has 0 amide bonds. The Hall–Kier alpha value is -4.02. The van der Waals surface area contributed by atoms with Crippen LogP contribution in [0.25, 0.3) is 11.4 Å². The lowest BCUT2D eigenvalue weighted by atomic mass is 9.82. The third-order valence-electron chi connectivity index (χ3n) is 6.72. The van der Waals surface area contributed by atoms with Crippen LogP contribution in [0.15, 0.2) is 53.3 Å². The number of methoxy groups -OCH3 is 1. The number of aromatic nitrogens is 5. The van der Waals surface area contributed by atoms with E-state index in [9.17, 15) is 22.4 Å². The number of fused-ring (bicyclic) bond motifs is 1. The zero-order chi connectivity index (χ0) is 26.4. The van der Waals surface area contributed by atoms with Crippen molar-refractivity contribution < 1.29 is 22.3 Å². The van der Waals surface area contributed by atoms with Crippen molar-refractivity contribution in [3.63, 3.8) is 0 Å². The SMILES string of the molecule is COc1cccc(Cc2nc(-c3nnn4c3CCCC4(C)c3ccc(C(F)(F)F)cc3F)cc(=O)[nH]2)c1. The first-order chi connectivity index (χ1) is 17.6. The molecule has 0 saturated heterocycles. The maximum Gasteiger partial charge on any atom is 0.416 e. The maximum atomic E-state index is 15.0. The lowest BCUT2D eigenvalue weighted by Crippen LogP contribution is -2.38. The van der Waals surface area contributed by atoms with Gasteiger partial charge in [0.15, 0.2) is 0 Å². The standard InChI is InChI=1S/C26H23F4N5O2/c1-25(18-9-8-16(13-19(18)27)26(28,29)30)10-4-7-21-24(33-34-35(21)25)20-14-23(36)32-22(31-20)12-15-5-3-6-17(11-15)37-2/h3,5-6,8-9,11,13-14H,4,7,10,12H2,1-2H3,(H,31,32,36). The summed E-state index contributed by atoms with van der Waals surface area (Å²) in [5.41, 5.74) is -0.154. The molecule has 2 aromatic carbocycles. The van der Waals surface area contributed by atoms with Crippen LogP contribution in [-0.2, 0) is 24.6 Å². The highest BCUT2D eigenvalue weighted by Gasteiger charge is 2.40. The van der Waals surface area contributed by atoms with Crippen molar-refractivity contribution in [2.75, 3.05) is 7.11 Å². The molecule has 0 spiro atoms. The van der Waals surface area contributed by atoms with Crippen LogP contribution in [-0.4, -0.2) is 32.1 Å². The van der Waals surface area contributed by atoms with Crippen LogP contribution in [0, 0.1) is 5.82 Å². The molecular formula is C26H23F4N5O2. The number of rotatable bonds is 5. The molecule has 11 heteroatoms. The summed E-state index contributed by atoms with van der Waals surface area (Å²) in [4.78, 5) is 19.8. The Labute approximate surface area is 209 Å². The zero-order valence-corrected chi connectivity index (χ0v) is 20.1. The number of H-pyrrole nitrogens is 1. The lowest BCUT2D eigenvalue weighted by Gasteiger charge is -2.35. The van der Waals surface area contributed by atoms with Gasteiger partial charge in [0.1, 0.15) is 28.8 Å². The largest absolute Gasteiger partial charge is 0.497 e. The zero-order valence-electron chi connectivity index (χ0n) is 20.1. The van der Waals surface area contributed by atoms with Crippen molar-refractivity contribution in [1.29, 1.82) is 0 Å². The van der Waals surface area contributed by atoms with E-state index < -0.39 is 23.1 Å². The summed E-state index contributed by atoms with van der Waals surface area (Å²) in [5.74, 6) is 0.139. The fraction of sp³-hybridized carbons (Fsp3) is 0.308. The Bertz CT molecular complexity index is 1530. The molecule has 1 N–H and O–H groups in total. The maximum absolute atomic E-state index is 15.0. The fourth-order valence-electron chi connectivity index (χ4n) is 4.89. The first-order valence-electron chi connectivity index (χ1n) is 11.6. The molecule has 3 heterocycles. The normalized spacial score (nSPS) is 17.5. The van der Waals surface area contributed by atoms with Crippen molar-refractivity contribution in [3.05, 3.63) is 92.9 Å². The second kappa shape index (κ2) is 9.13. The van der Waals surface area contributed by atoms with E-state index >= 15 is 0 Å². The van der Waals surface area contributed by atoms with Crippen LogP contribution >= 0.6 is 0 Å². The number of aromatic amines is 1. The molecule has 4 aromatic rings. The van der Waals surface area contributed by atoms with Gasteiger partial charge in [-0.05, 0) is 56.0 Å². The summed E-state index contributed by atoms with van der Waals surface area (Å²) in [6, 6.07) is 11.3. The van der Waals surface area contributed by atoms with Gasteiger partial charge in [-0.3, -0.25) is 4.79 Å². The molecule has 1 aliphatic heterocycles. The quantitative estimate of drug-likeness (QED) is 0.385. The number of hydrogen-bond donors (Lipinski definition) is 1. The third-order valence-corrected chi connectivity index (χ3v) is 6.72. The first-order valence-corrected chi connectivity index (χ1v) is 11.6. The highest BCUT2D eigenvalue weighted by Crippen LogP contribution is 2.41. The number of benzene rings is 2. The summed E-state index contributed by atoms with van der Waals surface area (Å²) in [7, 11) is 1.57. The first kappa shape index (κ1) is 24.7. The minimum Gasteiger partial charge on any atom is -0.497 e. The van der Waals surface area contributed by atoms with E-state index in [0.717, 1.165) is 17.7 Å². The van der Waals surface area contributed by atoms with E-state index in [4.69, 9.17) is 4.74 Å². The average molecular weight is 513 g/mol. The van der Waals surface area contributed by atoms with Gasteiger partial charge >= 0.3 is 6.18 Å². The van der Waals surface area contributed by atoms with Crippen molar-refractivity contribution in [1.82, 2.24) is 25.0 Å². The molecule has 1 aliphatic rings. The van der Waals surface area contributed by atoms with Crippen LogP contribution in [0.3, 0.4) is 0 Å². The van der Waals surface area contributed by atoms with Gasteiger partial charge < -0.3 is 9.72 Å². The topological polar surface area (TPSA) is 85.7 Å². The Morgan fingerprint density at radius 1 is 1.16 bits per heavy atom. The second-order valence-electron chi connectivity index (χ2n) is 9.22. The number of nitrogens with zero attached hydrogens (tertiary/aromatic N) is 4. The van der Waals surface area contributed by atoms with Gasteiger partial charge in [-0.2, -0.15) is 13.2 Å². The summed E-state index contributed by atoms with van der Waals surface area (Å²) >= 11 is 0. The van der Waals surface area contributed by atoms with E-state index in [1.807, 2.05) is 24.3 Å². The van der Waals surface area contributed by atoms with Gasteiger partial charge in [-0.25, -0.2) is 14.1 Å². The summed E-state index contributed by atoms with van der Waals surface area (Å²) in [6.45, 7) is 1.72. The van der Waals surface area contributed by atoms with Gasteiger partial charge in [0.2, 0.25) is 0 Å². The molecule has 2 aromatic heterocycles. The molecule has 1 atom stereocenters. The van der Waals surface area contributed by atoms with Crippen molar-refractivity contribution in [2.24, 2.45) is 0 Å². The second-order valence-corrected chi connectivity index (χ2v) is 9.22. The molecule has 0 fully saturated rings. The Balaban J connectivity index is 1.53. The van der Waals surface area contributed by atoms with Crippen molar-refractivity contribution in [2.45, 2.75) is 44.3 Å². The molecule has 0 radical (unpaired) electrons. The van der Waals surface area contributed by atoms with Gasteiger partial charge in [0.25, 0.3) is 5.56 Å². The monoisotopic (exact) mass is 513 g/mol. The Kier molecular flexibility index (Phi) is 6.09.